The smallest absolute Gasteiger partial charge is 0.275 e. The van der Waals surface area contributed by atoms with Crippen molar-refractivity contribution in [3.05, 3.63) is 48.3 Å². The first-order valence-electron chi connectivity index (χ1n) is 7.68. The molecule has 1 aliphatic carbocycles. The Morgan fingerprint density at radius 2 is 1.84 bits per heavy atom. The van der Waals surface area contributed by atoms with Crippen LogP contribution in [0.3, 0.4) is 0 Å². The molecule has 0 atom stereocenters. The molecule has 1 fully saturated rings. The molecule has 4 rings (SSSR count). The molecule has 1 N–H and O–H groups in total. The van der Waals surface area contributed by atoms with Crippen LogP contribution in [0.4, 0.5) is 21.5 Å². The van der Waals surface area contributed by atoms with Crippen molar-refractivity contribution in [2.24, 2.45) is 0 Å². The molecule has 25 heavy (non-hydrogen) atoms. The first-order valence-corrected chi connectivity index (χ1v) is 9.58. The quantitative estimate of drug-likeness (QED) is 0.911. The van der Waals surface area contributed by atoms with Crippen LogP contribution in [0.15, 0.2) is 42.5 Å². The minimum atomic E-state index is -3.43. The zero-order valence-electron chi connectivity index (χ0n) is 13.3. The normalized spacial score (nSPS) is 17.8. The standard InChI is InChI=1S/C17H15FN2O4S/c1-25(22,23)19-12-4-7-14-15(10-12)24-17(8-9-17)16(21)20(14)13-5-2-11(18)3-6-13/h2-7,10,19H,8-9H2,1H3. The van der Waals surface area contributed by atoms with Gasteiger partial charge in [-0.2, -0.15) is 0 Å². The van der Waals surface area contributed by atoms with E-state index in [4.69, 9.17) is 4.74 Å². The van der Waals surface area contributed by atoms with Crippen molar-refractivity contribution < 1.29 is 22.3 Å². The van der Waals surface area contributed by atoms with Gasteiger partial charge in [0.05, 0.1) is 17.6 Å². The van der Waals surface area contributed by atoms with Gasteiger partial charge in [0, 0.05) is 24.6 Å². The van der Waals surface area contributed by atoms with Crippen molar-refractivity contribution in [2.45, 2.75) is 18.4 Å². The van der Waals surface area contributed by atoms with Crippen molar-refractivity contribution in [1.82, 2.24) is 0 Å². The van der Waals surface area contributed by atoms with Gasteiger partial charge in [0.2, 0.25) is 10.0 Å². The lowest BCUT2D eigenvalue weighted by atomic mass is 10.1. The maximum Gasteiger partial charge on any atom is 0.275 e. The van der Waals surface area contributed by atoms with Gasteiger partial charge in [-0.15, -0.1) is 0 Å². The Kier molecular flexibility index (Phi) is 3.30. The zero-order chi connectivity index (χ0) is 17.8. The number of nitrogens with one attached hydrogen (secondary N) is 1. The molecular weight excluding hydrogens is 347 g/mol. The first-order chi connectivity index (χ1) is 11.8. The Labute approximate surface area is 144 Å². The minimum Gasteiger partial charge on any atom is -0.475 e. The van der Waals surface area contributed by atoms with E-state index >= 15 is 0 Å². The maximum atomic E-state index is 13.2. The van der Waals surface area contributed by atoms with Crippen molar-refractivity contribution in [3.63, 3.8) is 0 Å². The number of ether oxygens (including phenoxy) is 1. The van der Waals surface area contributed by atoms with Crippen molar-refractivity contribution in [2.75, 3.05) is 15.9 Å². The average molecular weight is 362 g/mol. The number of carbonyl (C=O) groups excluding carboxylic acids is 1. The van der Waals surface area contributed by atoms with E-state index in [-0.39, 0.29) is 5.91 Å². The van der Waals surface area contributed by atoms with Gasteiger partial charge in [-0.3, -0.25) is 14.4 Å². The van der Waals surface area contributed by atoms with Crippen LogP contribution >= 0.6 is 0 Å². The van der Waals surface area contributed by atoms with Gasteiger partial charge in [-0.1, -0.05) is 0 Å². The summed E-state index contributed by atoms with van der Waals surface area (Å²) in [6, 6.07) is 10.4. The molecule has 2 aromatic rings. The summed E-state index contributed by atoms with van der Waals surface area (Å²) in [4.78, 5) is 14.4. The molecule has 0 saturated heterocycles. The Hall–Kier alpha value is -2.61. The number of anilines is 3. The van der Waals surface area contributed by atoms with E-state index in [1.54, 1.807) is 18.2 Å². The molecular formula is C17H15FN2O4S. The third kappa shape index (κ3) is 2.82. The number of sulfonamides is 1. The van der Waals surface area contributed by atoms with Crippen LogP contribution in [0.1, 0.15) is 12.8 Å². The van der Waals surface area contributed by atoms with Crippen LogP contribution in [0, 0.1) is 5.82 Å². The average Bonchev–Trinajstić information content (AvgIpc) is 3.29. The van der Waals surface area contributed by atoms with Crippen molar-refractivity contribution >= 4 is 33.0 Å². The van der Waals surface area contributed by atoms with Crippen molar-refractivity contribution in [3.8, 4) is 5.75 Å². The Morgan fingerprint density at radius 1 is 1.16 bits per heavy atom. The fourth-order valence-corrected chi connectivity index (χ4v) is 3.46. The molecule has 130 valence electrons. The van der Waals surface area contributed by atoms with E-state index in [2.05, 4.69) is 4.72 Å². The number of rotatable bonds is 3. The largest absolute Gasteiger partial charge is 0.475 e. The number of hydrogen-bond acceptors (Lipinski definition) is 4. The summed E-state index contributed by atoms with van der Waals surface area (Å²) in [7, 11) is -3.43. The second kappa shape index (κ2) is 5.19. The van der Waals surface area contributed by atoms with E-state index < -0.39 is 21.4 Å². The summed E-state index contributed by atoms with van der Waals surface area (Å²) >= 11 is 0. The molecule has 1 amide bonds. The third-order valence-electron chi connectivity index (χ3n) is 4.19. The van der Waals surface area contributed by atoms with E-state index in [1.165, 1.54) is 29.2 Å². The Balaban J connectivity index is 1.81. The fourth-order valence-electron chi connectivity index (χ4n) is 2.90. The van der Waals surface area contributed by atoms with Crippen molar-refractivity contribution in [1.29, 1.82) is 0 Å². The van der Waals surface area contributed by atoms with Crippen LogP contribution in [-0.4, -0.2) is 26.2 Å². The number of amides is 1. The van der Waals surface area contributed by atoms with E-state index in [0.29, 0.717) is 35.7 Å². The van der Waals surface area contributed by atoms with Gasteiger partial charge >= 0.3 is 0 Å². The Morgan fingerprint density at radius 3 is 2.44 bits per heavy atom. The lowest BCUT2D eigenvalue weighted by Crippen LogP contribution is -2.45. The highest BCUT2D eigenvalue weighted by molar-refractivity contribution is 7.92. The van der Waals surface area contributed by atoms with E-state index in [9.17, 15) is 17.6 Å². The summed E-state index contributed by atoms with van der Waals surface area (Å²) in [5.41, 5.74) is 0.468. The third-order valence-corrected chi connectivity index (χ3v) is 4.80. The predicted molar refractivity (Wildman–Crippen MR) is 91.0 cm³/mol. The molecule has 1 aliphatic heterocycles. The van der Waals surface area contributed by atoms with Crippen LogP contribution < -0.4 is 14.4 Å². The van der Waals surface area contributed by atoms with Gasteiger partial charge in [0.1, 0.15) is 11.6 Å². The number of halogens is 1. The van der Waals surface area contributed by atoms with Crippen LogP contribution in [0.2, 0.25) is 0 Å². The molecule has 2 aromatic carbocycles. The summed E-state index contributed by atoms with van der Waals surface area (Å²) in [5.74, 6) is -0.177. The van der Waals surface area contributed by atoms with E-state index in [1.807, 2.05) is 0 Å². The second-order valence-electron chi connectivity index (χ2n) is 6.27. The second-order valence-corrected chi connectivity index (χ2v) is 8.02. The SMILES string of the molecule is CS(=O)(=O)Nc1ccc2c(c1)OC1(CC1)C(=O)N2c1ccc(F)cc1. The molecule has 8 heteroatoms. The van der Waals surface area contributed by atoms with Gasteiger partial charge in [0.25, 0.3) is 5.91 Å². The molecule has 2 aliphatic rings. The van der Waals surface area contributed by atoms with Gasteiger partial charge in [-0.05, 0) is 36.4 Å². The maximum absolute atomic E-state index is 13.2. The number of carbonyl (C=O) groups is 1. The molecule has 0 bridgehead atoms. The van der Waals surface area contributed by atoms with Crippen LogP contribution in [-0.2, 0) is 14.8 Å². The molecule has 0 unspecified atom stereocenters. The number of benzene rings is 2. The first kappa shape index (κ1) is 15.9. The Bertz CT molecular complexity index is 969. The van der Waals surface area contributed by atoms with Gasteiger partial charge < -0.3 is 4.74 Å². The summed E-state index contributed by atoms with van der Waals surface area (Å²) in [6.07, 6.45) is 2.24. The topological polar surface area (TPSA) is 75.7 Å². The van der Waals surface area contributed by atoms with Gasteiger partial charge in [0.15, 0.2) is 5.60 Å². The number of nitrogens with zero attached hydrogens (tertiary/aromatic N) is 1. The summed E-state index contributed by atoms with van der Waals surface area (Å²) in [6.45, 7) is 0. The molecule has 1 heterocycles. The predicted octanol–water partition coefficient (Wildman–Crippen LogP) is 2.79. The van der Waals surface area contributed by atoms with Gasteiger partial charge in [-0.25, -0.2) is 12.8 Å². The van der Waals surface area contributed by atoms with Crippen LogP contribution in [0.25, 0.3) is 0 Å². The molecule has 1 saturated carbocycles. The monoisotopic (exact) mass is 362 g/mol. The molecule has 6 nitrogen and oxygen atoms in total. The summed E-state index contributed by atoms with van der Waals surface area (Å²) in [5, 5.41) is 0. The number of hydrogen-bond donors (Lipinski definition) is 1. The lowest BCUT2D eigenvalue weighted by Gasteiger charge is -2.35. The number of fused-ring (bicyclic) bond motifs is 1. The minimum absolute atomic E-state index is 0.199. The summed E-state index contributed by atoms with van der Waals surface area (Å²) < 4.78 is 44.3. The lowest BCUT2D eigenvalue weighted by molar-refractivity contribution is -0.127. The highest BCUT2D eigenvalue weighted by atomic mass is 32.2. The molecule has 1 spiro atoms. The van der Waals surface area contributed by atoms with Crippen LogP contribution in [0.5, 0.6) is 5.75 Å². The highest BCUT2D eigenvalue weighted by Gasteiger charge is 2.58. The van der Waals surface area contributed by atoms with E-state index in [0.717, 1.165) is 6.26 Å². The molecule has 0 radical (unpaired) electrons. The zero-order valence-corrected chi connectivity index (χ0v) is 14.1. The fraction of sp³-hybridized carbons (Fsp3) is 0.235. The molecule has 0 aromatic heterocycles. The highest BCUT2D eigenvalue weighted by Crippen LogP contribution is 2.51.